The average molecular weight is 361 g/mol. The first-order chi connectivity index (χ1) is 13.1. The van der Waals surface area contributed by atoms with Crippen LogP contribution < -0.4 is 4.74 Å². The van der Waals surface area contributed by atoms with Crippen molar-refractivity contribution < 1.29 is 9.84 Å². The van der Waals surface area contributed by atoms with Crippen LogP contribution in [0, 0.1) is 0 Å². The van der Waals surface area contributed by atoms with Crippen LogP contribution in [0.2, 0.25) is 0 Å². The van der Waals surface area contributed by atoms with Gasteiger partial charge in [-0.3, -0.25) is 4.90 Å². The van der Waals surface area contributed by atoms with Gasteiger partial charge in [-0.15, -0.1) is 0 Å². The Kier molecular flexibility index (Phi) is 6.64. The van der Waals surface area contributed by atoms with Crippen LogP contribution in [-0.4, -0.2) is 23.1 Å². The second kappa shape index (κ2) is 9.36. The molecule has 0 aliphatic carbocycles. The number of likely N-dealkylation sites (N-methyl/N-ethyl adjacent to an activating group) is 1. The van der Waals surface area contributed by atoms with Crippen molar-refractivity contribution in [3.8, 4) is 5.75 Å². The zero-order valence-electron chi connectivity index (χ0n) is 16.0. The van der Waals surface area contributed by atoms with E-state index in [9.17, 15) is 5.11 Å². The Hall–Kier alpha value is -2.62. The Morgan fingerprint density at radius 2 is 1.48 bits per heavy atom. The molecule has 0 bridgehead atoms. The molecule has 0 aliphatic rings. The Bertz CT molecular complexity index is 820. The van der Waals surface area contributed by atoms with Gasteiger partial charge in [0, 0.05) is 12.6 Å². The van der Waals surface area contributed by atoms with Gasteiger partial charge < -0.3 is 9.84 Å². The van der Waals surface area contributed by atoms with E-state index < -0.39 is 6.10 Å². The molecule has 0 aliphatic heterocycles. The van der Waals surface area contributed by atoms with E-state index in [1.54, 1.807) is 0 Å². The van der Waals surface area contributed by atoms with E-state index in [2.05, 4.69) is 29.2 Å². The summed E-state index contributed by atoms with van der Waals surface area (Å²) >= 11 is 0. The molecule has 0 spiro atoms. The van der Waals surface area contributed by atoms with Crippen LogP contribution in [0.5, 0.6) is 5.75 Å². The monoisotopic (exact) mass is 361 g/mol. The molecule has 0 heterocycles. The van der Waals surface area contributed by atoms with Gasteiger partial charge in [0.1, 0.15) is 12.4 Å². The van der Waals surface area contributed by atoms with Crippen LogP contribution in [0.15, 0.2) is 84.9 Å². The minimum absolute atomic E-state index is 0.00120. The van der Waals surface area contributed by atoms with Crippen molar-refractivity contribution in [3.63, 3.8) is 0 Å². The summed E-state index contributed by atoms with van der Waals surface area (Å²) in [7, 11) is 2.04. The summed E-state index contributed by atoms with van der Waals surface area (Å²) in [5.74, 6) is 0.862. The Balaban J connectivity index is 1.59. The topological polar surface area (TPSA) is 32.7 Å². The number of ether oxygens (including phenoxy) is 1. The minimum atomic E-state index is -0.520. The summed E-state index contributed by atoms with van der Waals surface area (Å²) in [5.41, 5.74) is 3.26. The first kappa shape index (κ1) is 19.2. The number of aliphatic hydroxyl groups excluding tert-OH is 1. The number of hydrogen-bond acceptors (Lipinski definition) is 3. The van der Waals surface area contributed by atoms with Crippen LogP contribution in [0.3, 0.4) is 0 Å². The van der Waals surface area contributed by atoms with Crippen molar-refractivity contribution in [2.24, 2.45) is 0 Å². The predicted molar refractivity (Wildman–Crippen MR) is 110 cm³/mol. The molecule has 0 amide bonds. The van der Waals surface area contributed by atoms with Gasteiger partial charge in [0.15, 0.2) is 0 Å². The van der Waals surface area contributed by atoms with E-state index in [4.69, 9.17) is 4.74 Å². The standard InChI is InChI=1S/C24H27NO2/c1-19(24(26)22-13-7-4-8-14-22)25(2)17-21-12-9-15-23(16-21)27-18-20-10-5-3-6-11-20/h3-16,19,24,26H,17-18H2,1-2H3. The maximum absolute atomic E-state index is 10.6. The van der Waals surface area contributed by atoms with Crippen LogP contribution in [-0.2, 0) is 13.2 Å². The molecule has 0 aromatic heterocycles. The largest absolute Gasteiger partial charge is 0.489 e. The van der Waals surface area contributed by atoms with Crippen molar-refractivity contribution in [3.05, 3.63) is 102 Å². The molecule has 3 heteroatoms. The molecule has 140 valence electrons. The van der Waals surface area contributed by atoms with Crippen molar-refractivity contribution in [2.45, 2.75) is 32.2 Å². The van der Waals surface area contributed by atoms with Gasteiger partial charge in [-0.25, -0.2) is 0 Å². The van der Waals surface area contributed by atoms with Gasteiger partial charge in [0.25, 0.3) is 0 Å². The maximum atomic E-state index is 10.6. The van der Waals surface area contributed by atoms with Crippen LogP contribution in [0.4, 0.5) is 0 Å². The molecule has 3 nitrogen and oxygen atoms in total. The highest BCUT2D eigenvalue weighted by Crippen LogP contribution is 2.22. The van der Waals surface area contributed by atoms with Crippen molar-refractivity contribution >= 4 is 0 Å². The molecule has 0 saturated carbocycles. The van der Waals surface area contributed by atoms with Gasteiger partial charge in [0.05, 0.1) is 6.10 Å². The smallest absolute Gasteiger partial charge is 0.120 e. The number of benzene rings is 3. The summed E-state index contributed by atoms with van der Waals surface area (Å²) in [6, 6.07) is 28.1. The van der Waals surface area contributed by atoms with E-state index in [0.717, 1.165) is 29.0 Å². The van der Waals surface area contributed by atoms with E-state index in [-0.39, 0.29) is 6.04 Å². The highest BCUT2D eigenvalue weighted by molar-refractivity contribution is 5.29. The van der Waals surface area contributed by atoms with Crippen molar-refractivity contribution in [1.29, 1.82) is 0 Å². The Morgan fingerprint density at radius 3 is 2.19 bits per heavy atom. The predicted octanol–water partition coefficient (Wildman–Crippen LogP) is 4.82. The third-order valence-corrected chi connectivity index (χ3v) is 4.87. The van der Waals surface area contributed by atoms with Gasteiger partial charge in [0.2, 0.25) is 0 Å². The van der Waals surface area contributed by atoms with Crippen molar-refractivity contribution in [1.82, 2.24) is 4.90 Å². The second-order valence-electron chi connectivity index (χ2n) is 6.93. The second-order valence-corrected chi connectivity index (χ2v) is 6.93. The highest BCUT2D eigenvalue weighted by Gasteiger charge is 2.20. The molecule has 1 N–H and O–H groups in total. The molecule has 3 aromatic carbocycles. The number of aliphatic hydroxyl groups is 1. The van der Waals surface area contributed by atoms with E-state index in [0.29, 0.717) is 6.61 Å². The summed E-state index contributed by atoms with van der Waals surface area (Å²) in [6.45, 7) is 3.35. The molecule has 3 aromatic rings. The third-order valence-electron chi connectivity index (χ3n) is 4.87. The lowest BCUT2D eigenvalue weighted by Gasteiger charge is -2.29. The van der Waals surface area contributed by atoms with Crippen LogP contribution in [0.1, 0.15) is 29.7 Å². The molecular weight excluding hydrogens is 334 g/mol. The quantitative estimate of drug-likeness (QED) is 0.624. The summed E-state index contributed by atoms with van der Waals surface area (Å²) in [5, 5.41) is 10.6. The lowest BCUT2D eigenvalue weighted by atomic mass is 10.0. The molecule has 27 heavy (non-hydrogen) atoms. The first-order valence-corrected chi connectivity index (χ1v) is 9.32. The molecule has 0 saturated heterocycles. The fourth-order valence-electron chi connectivity index (χ4n) is 3.08. The fourth-order valence-corrected chi connectivity index (χ4v) is 3.08. The van der Waals surface area contributed by atoms with Gasteiger partial charge >= 0.3 is 0 Å². The average Bonchev–Trinajstić information content (AvgIpc) is 2.73. The third kappa shape index (κ3) is 5.43. The van der Waals surface area contributed by atoms with Crippen LogP contribution >= 0.6 is 0 Å². The summed E-state index contributed by atoms with van der Waals surface area (Å²) < 4.78 is 5.92. The van der Waals surface area contributed by atoms with E-state index in [1.807, 2.05) is 74.6 Å². The number of hydrogen-bond donors (Lipinski definition) is 1. The molecular formula is C24H27NO2. The van der Waals surface area contributed by atoms with E-state index >= 15 is 0 Å². The van der Waals surface area contributed by atoms with Gasteiger partial charge in [-0.1, -0.05) is 72.8 Å². The SMILES string of the molecule is CC(C(O)c1ccccc1)N(C)Cc1cccc(OCc2ccccc2)c1. The van der Waals surface area contributed by atoms with Gasteiger partial charge in [-0.05, 0) is 42.8 Å². The maximum Gasteiger partial charge on any atom is 0.120 e. The molecule has 0 fully saturated rings. The fraction of sp³-hybridized carbons (Fsp3) is 0.250. The minimum Gasteiger partial charge on any atom is -0.489 e. The Morgan fingerprint density at radius 1 is 0.852 bits per heavy atom. The van der Waals surface area contributed by atoms with Gasteiger partial charge in [-0.2, -0.15) is 0 Å². The molecule has 2 unspecified atom stereocenters. The number of nitrogens with zero attached hydrogens (tertiary/aromatic N) is 1. The van der Waals surface area contributed by atoms with E-state index in [1.165, 1.54) is 0 Å². The number of rotatable bonds is 8. The van der Waals surface area contributed by atoms with Crippen LogP contribution in [0.25, 0.3) is 0 Å². The highest BCUT2D eigenvalue weighted by atomic mass is 16.5. The molecule has 0 radical (unpaired) electrons. The summed E-state index contributed by atoms with van der Waals surface area (Å²) in [6.07, 6.45) is -0.520. The summed E-state index contributed by atoms with van der Waals surface area (Å²) in [4.78, 5) is 2.16. The Labute approximate surface area is 161 Å². The van der Waals surface area contributed by atoms with Crippen molar-refractivity contribution in [2.75, 3.05) is 7.05 Å². The zero-order valence-corrected chi connectivity index (χ0v) is 16.0. The lowest BCUT2D eigenvalue weighted by molar-refractivity contribution is 0.0688. The normalized spacial score (nSPS) is 13.3. The molecule has 3 rings (SSSR count). The lowest BCUT2D eigenvalue weighted by Crippen LogP contribution is -2.33. The molecule has 2 atom stereocenters. The zero-order chi connectivity index (χ0) is 19.1. The first-order valence-electron chi connectivity index (χ1n) is 9.32.